The van der Waals surface area contributed by atoms with Gasteiger partial charge >= 0.3 is 6.18 Å². The number of benzene rings is 1. The first-order chi connectivity index (χ1) is 17.1. The molecule has 2 N–H and O–H groups in total. The molecule has 192 valence electrons. The maximum Gasteiger partial charge on any atom is 0.416 e. The van der Waals surface area contributed by atoms with Gasteiger partial charge in [0.1, 0.15) is 12.1 Å². The molecular weight excluding hydrogens is 477 g/mol. The fourth-order valence-corrected chi connectivity index (χ4v) is 5.66. The summed E-state index contributed by atoms with van der Waals surface area (Å²) in [6.45, 7) is 1.04. The third-order valence-electron chi connectivity index (χ3n) is 7.51. The predicted octanol–water partition coefficient (Wildman–Crippen LogP) is 2.08. The van der Waals surface area contributed by atoms with Crippen molar-refractivity contribution in [1.29, 1.82) is 0 Å². The molecule has 1 aromatic heterocycles. The van der Waals surface area contributed by atoms with Gasteiger partial charge in [-0.2, -0.15) is 13.2 Å². The Morgan fingerprint density at radius 2 is 1.67 bits per heavy atom. The van der Waals surface area contributed by atoms with Crippen molar-refractivity contribution in [3.8, 4) is 0 Å². The summed E-state index contributed by atoms with van der Waals surface area (Å²) in [5.74, 6) is -0.516. The molecule has 1 aliphatic carbocycles. The molecule has 2 saturated heterocycles. The Morgan fingerprint density at radius 1 is 1.03 bits per heavy atom. The molecule has 0 atom stereocenters. The Kier molecular flexibility index (Phi) is 6.31. The van der Waals surface area contributed by atoms with Crippen molar-refractivity contribution in [3.05, 3.63) is 30.1 Å². The second-order valence-electron chi connectivity index (χ2n) is 9.75. The fraction of sp³-hybridized carbons (Fsp3) is 0.542. The van der Waals surface area contributed by atoms with Crippen molar-refractivity contribution in [2.45, 2.75) is 62.8 Å². The molecule has 3 fully saturated rings. The highest BCUT2D eigenvalue weighted by Gasteiger charge is 2.42. The van der Waals surface area contributed by atoms with Gasteiger partial charge in [0.05, 0.1) is 23.7 Å². The van der Waals surface area contributed by atoms with Crippen LogP contribution in [0.4, 0.5) is 19.0 Å². The van der Waals surface area contributed by atoms with E-state index in [1.807, 2.05) is 0 Å². The van der Waals surface area contributed by atoms with E-state index in [9.17, 15) is 27.6 Å². The number of hydrogen-bond acceptors (Lipinski definition) is 7. The van der Waals surface area contributed by atoms with Crippen molar-refractivity contribution >= 4 is 34.4 Å². The molecule has 36 heavy (non-hydrogen) atoms. The minimum absolute atomic E-state index is 0.0394. The van der Waals surface area contributed by atoms with Gasteiger partial charge in [0.2, 0.25) is 17.7 Å². The van der Waals surface area contributed by atoms with Crippen LogP contribution >= 0.6 is 0 Å². The molecule has 3 aliphatic rings. The van der Waals surface area contributed by atoms with Crippen molar-refractivity contribution < 1.29 is 27.6 Å². The van der Waals surface area contributed by atoms with Gasteiger partial charge in [-0.15, -0.1) is 0 Å². The van der Waals surface area contributed by atoms with E-state index in [2.05, 4.69) is 14.9 Å². The van der Waals surface area contributed by atoms with Gasteiger partial charge in [0, 0.05) is 43.4 Å². The topological polar surface area (TPSA) is 113 Å². The second-order valence-corrected chi connectivity index (χ2v) is 9.75. The summed E-state index contributed by atoms with van der Waals surface area (Å²) in [4.78, 5) is 49.7. The summed E-state index contributed by atoms with van der Waals surface area (Å²) in [6, 6.07) is 3.37. The molecule has 12 heteroatoms. The number of aromatic nitrogens is 2. The number of rotatable bonds is 6. The minimum Gasteiger partial charge on any atom is -0.368 e. The average molecular weight is 505 g/mol. The molecule has 0 bridgehead atoms. The quantitative estimate of drug-likeness (QED) is 0.600. The van der Waals surface area contributed by atoms with E-state index in [4.69, 9.17) is 5.73 Å². The zero-order valence-electron chi connectivity index (χ0n) is 19.6. The monoisotopic (exact) mass is 504 g/mol. The van der Waals surface area contributed by atoms with Gasteiger partial charge in [-0.25, -0.2) is 9.97 Å². The van der Waals surface area contributed by atoms with Crippen molar-refractivity contribution in [3.63, 3.8) is 0 Å². The standard InChI is InChI=1S/C24H27F3N6O3/c25-24(26,27)14-1-6-19-18(9-14)23(30-13-29-19)32(12-20(28)34)17-10-31(11-17)15-2-4-16(5-3-15)33-21(35)7-8-22(33)36/h1,6,9,13,15-17H,2-5,7-8,10-12H2,(H2,28,34). The van der Waals surface area contributed by atoms with Crippen LogP contribution in [0.3, 0.4) is 0 Å². The lowest BCUT2D eigenvalue weighted by Crippen LogP contribution is -2.64. The first-order valence-electron chi connectivity index (χ1n) is 12.1. The number of likely N-dealkylation sites (tertiary alicyclic amines) is 2. The number of nitrogens with two attached hydrogens (primary N) is 1. The van der Waals surface area contributed by atoms with Gasteiger partial charge in [-0.1, -0.05) is 0 Å². The molecular formula is C24H27F3N6O3. The lowest BCUT2D eigenvalue weighted by Gasteiger charge is -2.50. The number of primary amides is 1. The highest BCUT2D eigenvalue weighted by Crippen LogP contribution is 2.36. The molecule has 3 amide bonds. The number of halogens is 3. The summed E-state index contributed by atoms with van der Waals surface area (Å²) in [6.07, 6.45) is 0.542. The molecule has 0 radical (unpaired) electrons. The molecule has 9 nitrogen and oxygen atoms in total. The highest BCUT2D eigenvalue weighted by molar-refractivity contribution is 6.02. The number of anilines is 1. The van der Waals surface area contributed by atoms with Gasteiger partial charge in [-0.05, 0) is 43.9 Å². The van der Waals surface area contributed by atoms with Crippen LogP contribution in [-0.2, 0) is 20.6 Å². The first-order valence-corrected chi connectivity index (χ1v) is 12.1. The van der Waals surface area contributed by atoms with Crippen LogP contribution in [0.15, 0.2) is 24.5 Å². The molecule has 2 aliphatic heterocycles. The lowest BCUT2D eigenvalue weighted by molar-refractivity contribution is -0.142. The number of hydrogen-bond donors (Lipinski definition) is 1. The van der Waals surface area contributed by atoms with Crippen LogP contribution in [0.1, 0.15) is 44.1 Å². The van der Waals surface area contributed by atoms with Crippen LogP contribution in [0.25, 0.3) is 10.9 Å². The maximum absolute atomic E-state index is 13.3. The number of alkyl halides is 3. The van der Waals surface area contributed by atoms with Crippen molar-refractivity contribution in [2.24, 2.45) is 5.73 Å². The fourth-order valence-electron chi connectivity index (χ4n) is 5.66. The summed E-state index contributed by atoms with van der Waals surface area (Å²) < 4.78 is 40.0. The van der Waals surface area contributed by atoms with Crippen LogP contribution in [0, 0.1) is 0 Å². The van der Waals surface area contributed by atoms with E-state index in [1.165, 1.54) is 17.3 Å². The third-order valence-corrected chi connectivity index (χ3v) is 7.51. The highest BCUT2D eigenvalue weighted by atomic mass is 19.4. The predicted molar refractivity (Wildman–Crippen MR) is 124 cm³/mol. The Hall–Kier alpha value is -3.28. The third kappa shape index (κ3) is 4.61. The first kappa shape index (κ1) is 24.4. The summed E-state index contributed by atoms with van der Waals surface area (Å²) in [5, 5.41) is 0.215. The minimum atomic E-state index is -4.52. The number of nitrogens with zero attached hydrogens (tertiary/aromatic N) is 5. The zero-order valence-corrected chi connectivity index (χ0v) is 19.6. The van der Waals surface area contributed by atoms with E-state index in [-0.39, 0.29) is 47.7 Å². The number of carbonyl (C=O) groups excluding carboxylic acids is 3. The van der Waals surface area contributed by atoms with Gasteiger partial charge in [0.25, 0.3) is 0 Å². The normalized spacial score (nSPS) is 23.8. The summed E-state index contributed by atoms with van der Waals surface area (Å²) >= 11 is 0. The SMILES string of the molecule is NC(=O)CN(c1ncnc2ccc(C(F)(F)F)cc12)C1CN(C2CCC(N3C(=O)CCC3=O)CC2)C1. The molecule has 2 aromatic rings. The van der Waals surface area contributed by atoms with Crippen LogP contribution < -0.4 is 10.6 Å². The molecule has 1 saturated carbocycles. The Bertz CT molecular complexity index is 1180. The molecule has 0 spiro atoms. The lowest BCUT2D eigenvalue weighted by atomic mass is 9.87. The van der Waals surface area contributed by atoms with Gasteiger partial charge in [-0.3, -0.25) is 24.2 Å². The Balaban J connectivity index is 1.29. The number of amides is 3. The van der Waals surface area contributed by atoms with Crippen LogP contribution in [0.5, 0.6) is 0 Å². The molecule has 1 aromatic carbocycles. The summed E-state index contributed by atoms with van der Waals surface area (Å²) in [5.41, 5.74) is 5.03. The van der Waals surface area contributed by atoms with Gasteiger partial charge in [0.15, 0.2) is 0 Å². The Morgan fingerprint density at radius 3 is 2.28 bits per heavy atom. The number of imide groups is 1. The smallest absolute Gasteiger partial charge is 0.368 e. The van der Waals surface area contributed by atoms with Gasteiger partial charge < -0.3 is 10.6 Å². The molecule has 3 heterocycles. The van der Waals surface area contributed by atoms with Crippen molar-refractivity contribution in [1.82, 2.24) is 19.8 Å². The van der Waals surface area contributed by atoms with Crippen LogP contribution in [-0.4, -0.2) is 75.2 Å². The van der Waals surface area contributed by atoms with E-state index in [0.717, 1.165) is 37.8 Å². The number of carbonyl (C=O) groups is 3. The second kappa shape index (κ2) is 9.30. The summed E-state index contributed by atoms with van der Waals surface area (Å²) in [7, 11) is 0. The van der Waals surface area contributed by atoms with E-state index in [1.54, 1.807) is 4.90 Å². The van der Waals surface area contributed by atoms with E-state index in [0.29, 0.717) is 31.4 Å². The maximum atomic E-state index is 13.3. The molecule has 5 rings (SSSR count). The van der Waals surface area contributed by atoms with E-state index < -0.39 is 17.6 Å². The zero-order chi connectivity index (χ0) is 25.6. The number of fused-ring (bicyclic) bond motifs is 1. The molecule has 0 unspecified atom stereocenters. The average Bonchev–Trinajstić information content (AvgIpc) is 3.14. The Labute approximate surface area is 205 Å². The van der Waals surface area contributed by atoms with E-state index >= 15 is 0 Å². The van der Waals surface area contributed by atoms with Crippen molar-refractivity contribution in [2.75, 3.05) is 24.5 Å². The van der Waals surface area contributed by atoms with Crippen LogP contribution in [0.2, 0.25) is 0 Å². The largest absolute Gasteiger partial charge is 0.416 e.